The van der Waals surface area contributed by atoms with Crippen molar-refractivity contribution in [2.24, 2.45) is 0 Å². The quantitative estimate of drug-likeness (QED) is 0.635. The summed E-state index contributed by atoms with van der Waals surface area (Å²) in [5.41, 5.74) is 1.51. The van der Waals surface area contributed by atoms with Crippen LogP contribution in [0.5, 0.6) is 5.75 Å². The van der Waals surface area contributed by atoms with Crippen LogP contribution >= 0.6 is 11.6 Å². The molecule has 3 aromatic rings. The molecule has 0 atom stereocenters. The van der Waals surface area contributed by atoms with E-state index in [1.165, 1.54) is 0 Å². The number of amides is 1. The topological polar surface area (TPSA) is 82.6 Å². The van der Waals surface area contributed by atoms with E-state index in [0.29, 0.717) is 54.3 Å². The maximum atomic E-state index is 12.9. The second-order valence-electron chi connectivity index (χ2n) is 6.77. The van der Waals surface area contributed by atoms with E-state index in [4.69, 9.17) is 20.8 Å². The summed E-state index contributed by atoms with van der Waals surface area (Å²) in [5, 5.41) is 10.1. The summed E-state index contributed by atoms with van der Waals surface area (Å²) in [6.07, 6.45) is 0. The van der Waals surface area contributed by atoms with Gasteiger partial charge >= 0.3 is 0 Å². The van der Waals surface area contributed by atoms with Crippen molar-refractivity contribution in [3.05, 3.63) is 64.8 Å². The normalized spacial score (nSPS) is 13.8. The number of methoxy groups -OCH3 is 1. The van der Waals surface area contributed by atoms with Crippen LogP contribution in [-0.2, 0) is 0 Å². The second kappa shape index (κ2) is 8.47. The van der Waals surface area contributed by atoms with Crippen LogP contribution in [0.15, 0.2) is 52.9 Å². The number of para-hydroxylation sites is 1. The molecule has 0 unspecified atom stereocenters. The van der Waals surface area contributed by atoms with Crippen molar-refractivity contribution < 1.29 is 13.9 Å². The Labute approximate surface area is 179 Å². The Morgan fingerprint density at radius 2 is 1.83 bits per heavy atom. The fourth-order valence-corrected chi connectivity index (χ4v) is 3.55. The van der Waals surface area contributed by atoms with E-state index < -0.39 is 0 Å². The number of nitrogens with zero attached hydrogens (tertiary/aromatic N) is 4. The number of hydrogen-bond acceptors (Lipinski definition) is 6. The molecule has 0 bridgehead atoms. The Morgan fingerprint density at radius 3 is 2.50 bits per heavy atom. The molecule has 2 heterocycles. The summed E-state index contributed by atoms with van der Waals surface area (Å²) < 4.78 is 11.2. The maximum Gasteiger partial charge on any atom is 0.257 e. The number of halogens is 1. The summed E-state index contributed by atoms with van der Waals surface area (Å²) in [7, 11) is 1.55. The number of hydrogen-bond donors (Lipinski definition) is 0. The highest BCUT2D eigenvalue weighted by atomic mass is 35.5. The van der Waals surface area contributed by atoms with Crippen molar-refractivity contribution in [2.75, 3.05) is 38.2 Å². The number of oxazole rings is 1. The SMILES string of the molecule is COc1ccccc1C(=O)N1CCN(c2oc(-c3ccc(Cl)cc3)nc2C#N)CC1. The van der Waals surface area contributed by atoms with Gasteiger partial charge in [0.25, 0.3) is 5.91 Å². The molecule has 1 aliphatic rings. The minimum absolute atomic E-state index is 0.0768. The largest absolute Gasteiger partial charge is 0.496 e. The minimum atomic E-state index is -0.0768. The summed E-state index contributed by atoms with van der Waals surface area (Å²) >= 11 is 5.94. The standard InChI is InChI=1S/C22H19ClN4O3/c1-29-19-5-3-2-4-17(19)21(28)26-10-12-27(13-11-26)22-18(14-24)25-20(30-22)15-6-8-16(23)9-7-15/h2-9H,10-13H2,1H3. The van der Waals surface area contributed by atoms with Crippen molar-refractivity contribution in [1.29, 1.82) is 5.26 Å². The van der Waals surface area contributed by atoms with Gasteiger partial charge < -0.3 is 19.0 Å². The van der Waals surface area contributed by atoms with E-state index in [1.54, 1.807) is 48.4 Å². The number of anilines is 1. The second-order valence-corrected chi connectivity index (χ2v) is 7.21. The van der Waals surface area contributed by atoms with Gasteiger partial charge in [0.15, 0.2) is 0 Å². The summed E-state index contributed by atoms with van der Waals surface area (Å²) in [4.78, 5) is 20.9. The number of nitriles is 1. The van der Waals surface area contributed by atoms with E-state index in [0.717, 1.165) is 5.56 Å². The van der Waals surface area contributed by atoms with Crippen molar-refractivity contribution in [3.8, 4) is 23.3 Å². The Bertz CT molecular complexity index is 1100. The molecule has 2 aromatic carbocycles. The number of aromatic nitrogens is 1. The number of carbonyl (C=O) groups is 1. The highest BCUT2D eigenvalue weighted by Gasteiger charge is 2.28. The molecule has 1 fully saturated rings. The van der Waals surface area contributed by atoms with Gasteiger partial charge in [-0.15, -0.1) is 0 Å². The third-order valence-electron chi connectivity index (χ3n) is 5.00. The highest BCUT2D eigenvalue weighted by Crippen LogP contribution is 2.30. The first-order chi connectivity index (χ1) is 14.6. The van der Waals surface area contributed by atoms with Crippen LogP contribution in [0.3, 0.4) is 0 Å². The van der Waals surface area contributed by atoms with Gasteiger partial charge in [0, 0.05) is 36.8 Å². The predicted octanol–water partition coefficient (Wildman–Crippen LogP) is 3.84. The third kappa shape index (κ3) is 3.82. The first-order valence-electron chi connectivity index (χ1n) is 9.45. The molecule has 0 spiro atoms. The zero-order chi connectivity index (χ0) is 21.1. The van der Waals surface area contributed by atoms with Gasteiger partial charge in [-0.2, -0.15) is 10.2 Å². The smallest absolute Gasteiger partial charge is 0.257 e. The summed E-state index contributed by atoms with van der Waals surface area (Å²) in [5.74, 6) is 1.27. The molecule has 1 saturated heterocycles. The molecule has 0 aliphatic carbocycles. The zero-order valence-corrected chi connectivity index (χ0v) is 17.1. The molecule has 0 radical (unpaired) electrons. The molecule has 4 rings (SSSR count). The van der Waals surface area contributed by atoms with Crippen LogP contribution < -0.4 is 9.64 Å². The molecular weight excluding hydrogens is 404 g/mol. The number of piperazine rings is 1. The molecule has 0 N–H and O–H groups in total. The summed E-state index contributed by atoms with van der Waals surface area (Å²) in [6.45, 7) is 2.06. The average molecular weight is 423 g/mol. The number of carbonyl (C=O) groups excluding carboxylic acids is 1. The Morgan fingerprint density at radius 1 is 1.13 bits per heavy atom. The lowest BCUT2D eigenvalue weighted by molar-refractivity contribution is 0.0742. The first-order valence-corrected chi connectivity index (χ1v) is 9.82. The average Bonchev–Trinajstić information content (AvgIpc) is 3.23. The lowest BCUT2D eigenvalue weighted by Crippen LogP contribution is -2.49. The van der Waals surface area contributed by atoms with E-state index in [-0.39, 0.29) is 11.6 Å². The van der Waals surface area contributed by atoms with E-state index in [9.17, 15) is 10.1 Å². The lowest BCUT2D eigenvalue weighted by Gasteiger charge is -2.34. The van der Waals surface area contributed by atoms with E-state index in [2.05, 4.69) is 11.1 Å². The Kier molecular flexibility index (Phi) is 5.59. The first kappa shape index (κ1) is 19.8. The van der Waals surface area contributed by atoms with E-state index >= 15 is 0 Å². The van der Waals surface area contributed by atoms with E-state index in [1.807, 2.05) is 17.0 Å². The molecule has 152 valence electrons. The van der Waals surface area contributed by atoms with Crippen LogP contribution in [0.2, 0.25) is 5.02 Å². The van der Waals surface area contributed by atoms with Crippen molar-refractivity contribution in [1.82, 2.24) is 9.88 Å². The molecule has 1 aromatic heterocycles. The molecule has 1 amide bonds. The van der Waals surface area contributed by atoms with Gasteiger partial charge in [-0.25, -0.2) is 0 Å². The van der Waals surface area contributed by atoms with Crippen LogP contribution in [0, 0.1) is 11.3 Å². The lowest BCUT2D eigenvalue weighted by atomic mass is 10.1. The highest BCUT2D eigenvalue weighted by molar-refractivity contribution is 6.30. The number of rotatable bonds is 4. The van der Waals surface area contributed by atoms with Crippen LogP contribution in [0.4, 0.5) is 5.88 Å². The van der Waals surface area contributed by atoms with Gasteiger partial charge in [0.1, 0.15) is 11.8 Å². The van der Waals surface area contributed by atoms with Gasteiger partial charge in [-0.05, 0) is 36.4 Å². The molecule has 1 aliphatic heterocycles. The minimum Gasteiger partial charge on any atom is -0.496 e. The molecule has 7 nitrogen and oxygen atoms in total. The van der Waals surface area contributed by atoms with Crippen molar-refractivity contribution in [3.63, 3.8) is 0 Å². The molecule has 30 heavy (non-hydrogen) atoms. The summed E-state index contributed by atoms with van der Waals surface area (Å²) in [6, 6.07) is 16.4. The van der Waals surface area contributed by atoms with Crippen LogP contribution in [0.1, 0.15) is 16.1 Å². The van der Waals surface area contributed by atoms with Gasteiger partial charge in [-0.1, -0.05) is 23.7 Å². The van der Waals surface area contributed by atoms with Crippen LogP contribution in [-0.4, -0.2) is 49.1 Å². The zero-order valence-electron chi connectivity index (χ0n) is 16.3. The molecule has 8 heteroatoms. The monoisotopic (exact) mass is 422 g/mol. The predicted molar refractivity (Wildman–Crippen MR) is 113 cm³/mol. The third-order valence-corrected chi connectivity index (χ3v) is 5.25. The fraction of sp³-hybridized carbons (Fsp3) is 0.227. The van der Waals surface area contributed by atoms with Crippen molar-refractivity contribution >= 4 is 23.4 Å². The molecular formula is C22H19ClN4O3. The van der Waals surface area contributed by atoms with Gasteiger partial charge in [0.2, 0.25) is 17.5 Å². The molecule has 0 saturated carbocycles. The number of ether oxygens (including phenoxy) is 1. The van der Waals surface area contributed by atoms with Gasteiger partial charge in [0.05, 0.1) is 12.7 Å². The van der Waals surface area contributed by atoms with Crippen molar-refractivity contribution in [2.45, 2.75) is 0 Å². The van der Waals surface area contributed by atoms with Crippen LogP contribution in [0.25, 0.3) is 11.5 Å². The fourth-order valence-electron chi connectivity index (χ4n) is 3.42. The number of benzene rings is 2. The Balaban J connectivity index is 1.50. The Hall–Kier alpha value is -3.50. The van der Waals surface area contributed by atoms with Gasteiger partial charge in [-0.3, -0.25) is 4.79 Å². The maximum absolute atomic E-state index is 12.9.